The van der Waals surface area contributed by atoms with Gasteiger partial charge in [-0.25, -0.2) is 0 Å². The Morgan fingerprint density at radius 3 is 2.38 bits per heavy atom. The maximum absolute atomic E-state index is 13.0. The fourth-order valence-electron chi connectivity index (χ4n) is 6.85. The predicted molar refractivity (Wildman–Crippen MR) is 120 cm³/mol. The van der Waals surface area contributed by atoms with E-state index < -0.39 is 0 Å². The Balaban J connectivity index is 1.17. The largest absolute Gasteiger partial charge is 0.495 e. The number of furan rings is 1. The van der Waals surface area contributed by atoms with Gasteiger partial charge >= 0.3 is 5.97 Å². The highest BCUT2D eigenvalue weighted by Crippen LogP contribution is 2.60. The van der Waals surface area contributed by atoms with Crippen LogP contribution < -0.4 is 10.1 Å². The summed E-state index contributed by atoms with van der Waals surface area (Å²) >= 11 is 0. The summed E-state index contributed by atoms with van der Waals surface area (Å²) in [6, 6.07) is 11.4. The molecule has 6 nitrogen and oxygen atoms in total. The predicted octanol–water partition coefficient (Wildman–Crippen LogP) is 5.29. The summed E-state index contributed by atoms with van der Waals surface area (Å²) in [6.07, 6.45) is 6.56. The highest BCUT2D eigenvalue weighted by Gasteiger charge is 2.55. The van der Waals surface area contributed by atoms with E-state index in [2.05, 4.69) is 5.32 Å². The van der Waals surface area contributed by atoms with Gasteiger partial charge in [-0.05, 0) is 68.4 Å². The first-order valence-electron chi connectivity index (χ1n) is 11.5. The molecule has 7 rings (SSSR count). The number of benzene rings is 2. The van der Waals surface area contributed by atoms with Crippen LogP contribution in [0.2, 0.25) is 0 Å². The molecule has 4 aliphatic rings. The Labute approximate surface area is 186 Å². The molecule has 0 aliphatic heterocycles. The van der Waals surface area contributed by atoms with Gasteiger partial charge in [-0.2, -0.15) is 0 Å². The topological polar surface area (TPSA) is 77.8 Å². The molecule has 1 aromatic heterocycles. The lowest BCUT2D eigenvalue weighted by Crippen LogP contribution is -2.50. The molecule has 4 aliphatic carbocycles. The molecule has 3 aromatic rings. The number of ether oxygens (including phenoxy) is 2. The van der Waals surface area contributed by atoms with Crippen LogP contribution in [-0.4, -0.2) is 25.6 Å². The van der Waals surface area contributed by atoms with Crippen molar-refractivity contribution in [2.45, 2.75) is 38.5 Å². The summed E-state index contributed by atoms with van der Waals surface area (Å²) < 4.78 is 17.0. The average molecular weight is 434 g/mol. The maximum Gasteiger partial charge on any atom is 0.312 e. The van der Waals surface area contributed by atoms with Crippen LogP contribution in [0.15, 0.2) is 40.8 Å². The summed E-state index contributed by atoms with van der Waals surface area (Å²) in [5.74, 6) is 1.93. The van der Waals surface area contributed by atoms with Crippen LogP contribution >= 0.6 is 0 Å². The summed E-state index contributed by atoms with van der Waals surface area (Å²) in [4.78, 5) is 25.7. The van der Waals surface area contributed by atoms with Gasteiger partial charge in [-0.3, -0.25) is 9.59 Å². The Kier molecular flexibility index (Phi) is 4.46. The molecule has 4 bridgehead atoms. The normalized spacial score (nSPS) is 28.2. The van der Waals surface area contributed by atoms with E-state index in [1.54, 1.807) is 13.2 Å². The number of rotatable bonds is 5. The van der Waals surface area contributed by atoms with Crippen LogP contribution in [0.1, 0.15) is 38.5 Å². The zero-order chi connectivity index (χ0) is 21.9. The van der Waals surface area contributed by atoms with E-state index in [0.717, 1.165) is 35.6 Å². The Morgan fingerprint density at radius 2 is 1.69 bits per heavy atom. The second-order valence-corrected chi connectivity index (χ2v) is 9.97. The first-order valence-corrected chi connectivity index (χ1v) is 11.5. The number of para-hydroxylation sites is 1. The van der Waals surface area contributed by atoms with Crippen molar-refractivity contribution in [1.29, 1.82) is 0 Å². The number of carbonyl (C=O) groups excluding carboxylic acids is 2. The third-order valence-electron chi connectivity index (χ3n) is 7.78. The molecular weight excluding hydrogens is 406 g/mol. The molecule has 0 radical (unpaired) electrons. The van der Waals surface area contributed by atoms with E-state index >= 15 is 0 Å². The van der Waals surface area contributed by atoms with Gasteiger partial charge in [0, 0.05) is 16.8 Å². The van der Waals surface area contributed by atoms with Gasteiger partial charge in [0.2, 0.25) is 0 Å². The number of carbonyl (C=O) groups is 2. The van der Waals surface area contributed by atoms with Crippen LogP contribution in [0.25, 0.3) is 21.9 Å². The smallest absolute Gasteiger partial charge is 0.312 e. The first-order chi connectivity index (χ1) is 15.5. The van der Waals surface area contributed by atoms with E-state index in [1.165, 1.54) is 19.3 Å². The van der Waals surface area contributed by atoms with E-state index in [4.69, 9.17) is 13.9 Å². The van der Waals surface area contributed by atoms with E-state index in [-0.39, 0.29) is 23.9 Å². The molecular formula is C26H27NO5. The highest BCUT2D eigenvalue weighted by atomic mass is 16.5. The summed E-state index contributed by atoms with van der Waals surface area (Å²) in [5.41, 5.74) is 1.57. The fourth-order valence-corrected chi connectivity index (χ4v) is 6.85. The number of hydrogen-bond donors (Lipinski definition) is 1. The van der Waals surface area contributed by atoms with Crippen LogP contribution in [-0.2, 0) is 14.3 Å². The van der Waals surface area contributed by atoms with Gasteiger partial charge in [0.15, 0.2) is 6.61 Å². The lowest BCUT2D eigenvalue weighted by atomic mass is 9.49. The molecule has 0 atom stereocenters. The minimum Gasteiger partial charge on any atom is -0.495 e. The molecule has 6 heteroatoms. The van der Waals surface area contributed by atoms with Crippen molar-refractivity contribution in [2.75, 3.05) is 19.0 Å². The monoisotopic (exact) mass is 433 g/mol. The minimum atomic E-state index is -0.378. The Hall–Kier alpha value is -3.02. The van der Waals surface area contributed by atoms with Crippen molar-refractivity contribution in [1.82, 2.24) is 0 Å². The first kappa shape index (κ1) is 19.6. The van der Waals surface area contributed by atoms with Crippen molar-refractivity contribution in [3.63, 3.8) is 0 Å². The standard InChI is InChI=1S/C26H27NO5/c1-30-23-9-19-18-4-2-3-5-21(18)32-22(19)10-20(23)27-24(28)14-31-25(29)26-11-15-6-16(12-26)8-17(7-15)13-26/h2-5,9-10,15-17H,6-8,11-14H2,1H3,(H,27,28). The SMILES string of the molecule is COc1cc2c(cc1NC(=O)COC(=O)C13CC4CC(CC(C4)C1)C3)oc1ccccc12. The van der Waals surface area contributed by atoms with Crippen molar-refractivity contribution in [3.05, 3.63) is 36.4 Å². The minimum absolute atomic E-state index is 0.188. The Morgan fingerprint density at radius 1 is 1.00 bits per heavy atom. The number of methoxy groups -OCH3 is 1. The molecule has 0 spiro atoms. The number of esters is 1. The van der Waals surface area contributed by atoms with Crippen molar-refractivity contribution < 1.29 is 23.5 Å². The Bertz CT molecular complexity index is 1190. The molecule has 0 unspecified atom stereocenters. The molecule has 32 heavy (non-hydrogen) atoms. The van der Waals surface area contributed by atoms with Crippen molar-refractivity contribution >= 4 is 39.5 Å². The zero-order valence-corrected chi connectivity index (χ0v) is 18.2. The third-order valence-corrected chi connectivity index (χ3v) is 7.78. The second-order valence-electron chi connectivity index (χ2n) is 9.97. The zero-order valence-electron chi connectivity index (χ0n) is 18.2. The van der Waals surface area contributed by atoms with E-state index in [0.29, 0.717) is 34.8 Å². The van der Waals surface area contributed by atoms with Gasteiger partial charge in [0.1, 0.15) is 16.9 Å². The third kappa shape index (κ3) is 3.15. The van der Waals surface area contributed by atoms with Crippen LogP contribution in [0.3, 0.4) is 0 Å². The van der Waals surface area contributed by atoms with Crippen LogP contribution in [0.5, 0.6) is 5.75 Å². The van der Waals surface area contributed by atoms with Gasteiger partial charge in [0.25, 0.3) is 5.91 Å². The van der Waals surface area contributed by atoms with Crippen molar-refractivity contribution in [3.8, 4) is 5.75 Å². The lowest BCUT2D eigenvalue weighted by molar-refractivity contribution is -0.172. The van der Waals surface area contributed by atoms with E-state index in [1.807, 2.05) is 30.3 Å². The molecule has 4 fully saturated rings. The number of fused-ring (bicyclic) bond motifs is 3. The number of amides is 1. The average Bonchev–Trinajstić information content (AvgIpc) is 3.13. The van der Waals surface area contributed by atoms with Gasteiger partial charge < -0.3 is 19.2 Å². The summed E-state index contributed by atoms with van der Waals surface area (Å²) in [7, 11) is 1.56. The second kappa shape index (κ2) is 7.26. The summed E-state index contributed by atoms with van der Waals surface area (Å²) in [6.45, 7) is -0.290. The summed E-state index contributed by atoms with van der Waals surface area (Å²) in [5, 5.41) is 4.74. The highest BCUT2D eigenvalue weighted by molar-refractivity contribution is 6.07. The maximum atomic E-state index is 13.0. The molecule has 4 saturated carbocycles. The number of nitrogens with one attached hydrogen (secondary N) is 1. The lowest BCUT2D eigenvalue weighted by Gasteiger charge is -2.55. The van der Waals surface area contributed by atoms with Gasteiger partial charge in [-0.1, -0.05) is 18.2 Å². The molecule has 1 N–H and O–H groups in total. The molecule has 1 amide bonds. The fraction of sp³-hybridized carbons (Fsp3) is 0.462. The quantitative estimate of drug-likeness (QED) is 0.553. The number of hydrogen-bond acceptors (Lipinski definition) is 5. The van der Waals surface area contributed by atoms with Gasteiger partial charge in [0.05, 0.1) is 18.2 Å². The van der Waals surface area contributed by atoms with Crippen LogP contribution in [0.4, 0.5) is 5.69 Å². The van der Waals surface area contributed by atoms with E-state index in [9.17, 15) is 9.59 Å². The van der Waals surface area contributed by atoms with Crippen LogP contribution in [0, 0.1) is 23.2 Å². The molecule has 2 aromatic carbocycles. The molecule has 1 heterocycles. The molecule has 0 saturated heterocycles. The van der Waals surface area contributed by atoms with Gasteiger partial charge in [-0.15, -0.1) is 0 Å². The number of anilines is 1. The molecule has 166 valence electrons. The van der Waals surface area contributed by atoms with Crippen molar-refractivity contribution in [2.24, 2.45) is 23.2 Å².